The number of nitro benzene ring substituents is 1. The third kappa shape index (κ3) is 2.90. The van der Waals surface area contributed by atoms with Gasteiger partial charge in [0.1, 0.15) is 11.6 Å². The van der Waals surface area contributed by atoms with Gasteiger partial charge in [-0.1, -0.05) is 12.1 Å². The molecular formula is C16H15N3O3. The zero-order valence-electron chi connectivity index (χ0n) is 12.1. The highest BCUT2D eigenvalue weighted by molar-refractivity contribution is 5.77. The fourth-order valence-electron chi connectivity index (χ4n) is 2.34. The average Bonchev–Trinajstić information content (AvgIpc) is 2.95. The normalized spacial score (nSPS) is 10.8. The van der Waals surface area contributed by atoms with Gasteiger partial charge in [0.2, 0.25) is 0 Å². The van der Waals surface area contributed by atoms with Crippen LogP contribution in [0.5, 0.6) is 5.75 Å². The number of methoxy groups -OCH3 is 1. The summed E-state index contributed by atoms with van der Waals surface area (Å²) in [5.74, 6) is 1.66. The van der Waals surface area contributed by atoms with Gasteiger partial charge >= 0.3 is 0 Å². The number of H-pyrrole nitrogens is 1. The van der Waals surface area contributed by atoms with E-state index in [2.05, 4.69) is 9.97 Å². The molecule has 0 aliphatic carbocycles. The van der Waals surface area contributed by atoms with Crippen LogP contribution in [-0.2, 0) is 12.8 Å². The second-order valence-corrected chi connectivity index (χ2v) is 4.99. The highest BCUT2D eigenvalue weighted by atomic mass is 16.6. The number of imidazole rings is 1. The molecule has 6 nitrogen and oxygen atoms in total. The lowest BCUT2D eigenvalue weighted by Gasteiger charge is -2.02. The van der Waals surface area contributed by atoms with Crippen LogP contribution < -0.4 is 4.74 Å². The van der Waals surface area contributed by atoms with Crippen molar-refractivity contribution in [3.8, 4) is 5.75 Å². The van der Waals surface area contributed by atoms with Gasteiger partial charge in [0, 0.05) is 18.6 Å². The number of aromatic nitrogens is 2. The van der Waals surface area contributed by atoms with Crippen molar-refractivity contribution in [1.29, 1.82) is 0 Å². The maximum Gasteiger partial charge on any atom is 0.271 e. The molecular weight excluding hydrogens is 282 g/mol. The van der Waals surface area contributed by atoms with Crippen molar-refractivity contribution >= 4 is 16.7 Å². The van der Waals surface area contributed by atoms with Gasteiger partial charge in [-0.3, -0.25) is 10.1 Å². The van der Waals surface area contributed by atoms with E-state index in [-0.39, 0.29) is 5.69 Å². The van der Waals surface area contributed by atoms with E-state index in [1.54, 1.807) is 13.2 Å². The first-order valence-corrected chi connectivity index (χ1v) is 6.91. The third-order valence-corrected chi connectivity index (χ3v) is 3.53. The highest BCUT2D eigenvalue weighted by Gasteiger charge is 2.09. The summed E-state index contributed by atoms with van der Waals surface area (Å²) in [7, 11) is 1.64. The van der Waals surface area contributed by atoms with E-state index in [0.29, 0.717) is 5.52 Å². The molecule has 1 N–H and O–H groups in total. The zero-order chi connectivity index (χ0) is 15.5. The van der Waals surface area contributed by atoms with Gasteiger partial charge in [-0.05, 0) is 30.2 Å². The van der Waals surface area contributed by atoms with Gasteiger partial charge in [0.15, 0.2) is 0 Å². The van der Waals surface area contributed by atoms with Crippen LogP contribution in [0.1, 0.15) is 11.4 Å². The summed E-state index contributed by atoms with van der Waals surface area (Å²) in [4.78, 5) is 18.0. The summed E-state index contributed by atoms with van der Waals surface area (Å²) in [5.41, 5.74) is 2.69. The first-order chi connectivity index (χ1) is 10.7. The molecule has 3 aromatic rings. The highest BCUT2D eigenvalue weighted by Crippen LogP contribution is 2.20. The van der Waals surface area contributed by atoms with E-state index in [1.807, 2.05) is 24.3 Å². The molecule has 0 spiro atoms. The molecule has 0 unspecified atom stereocenters. The summed E-state index contributed by atoms with van der Waals surface area (Å²) < 4.78 is 5.13. The number of non-ortho nitro benzene ring substituents is 1. The molecule has 0 radical (unpaired) electrons. The number of aromatic amines is 1. The Bertz CT molecular complexity index is 809. The summed E-state index contributed by atoms with van der Waals surface area (Å²) >= 11 is 0. The fourth-order valence-corrected chi connectivity index (χ4v) is 2.34. The van der Waals surface area contributed by atoms with E-state index < -0.39 is 4.92 Å². The Morgan fingerprint density at radius 2 is 1.95 bits per heavy atom. The molecule has 0 atom stereocenters. The number of ether oxygens (including phenoxy) is 1. The van der Waals surface area contributed by atoms with Crippen LogP contribution in [0.25, 0.3) is 11.0 Å². The van der Waals surface area contributed by atoms with E-state index in [0.717, 1.165) is 29.9 Å². The number of nitro groups is 1. The number of rotatable bonds is 5. The average molecular weight is 297 g/mol. The van der Waals surface area contributed by atoms with Gasteiger partial charge in [0.25, 0.3) is 5.69 Å². The maximum absolute atomic E-state index is 10.8. The SMILES string of the molecule is COc1ccc(CCc2nc3ccc([N+](=O)[O-])cc3[nH]2)cc1. The maximum atomic E-state index is 10.8. The minimum atomic E-state index is -0.405. The smallest absolute Gasteiger partial charge is 0.271 e. The predicted molar refractivity (Wildman–Crippen MR) is 83.2 cm³/mol. The van der Waals surface area contributed by atoms with Crippen molar-refractivity contribution in [2.75, 3.05) is 7.11 Å². The lowest BCUT2D eigenvalue weighted by Crippen LogP contribution is -1.93. The molecule has 1 heterocycles. The van der Waals surface area contributed by atoms with Crippen molar-refractivity contribution in [2.24, 2.45) is 0 Å². The summed E-state index contributed by atoms with van der Waals surface area (Å²) in [5, 5.41) is 10.8. The van der Waals surface area contributed by atoms with E-state index >= 15 is 0 Å². The second-order valence-electron chi connectivity index (χ2n) is 4.99. The van der Waals surface area contributed by atoms with Crippen LogP contribution in [0.3, 0.4) is 0 Å². The number of hydrogen-bond acceptors (Lipinski definition) is 4. The Morgan fingerprint density at radius 3 is 2.64 bits per heavy atom. The molecule has 2 aromatic carbocycles. The van der Waals surface area contributed by atoms with Crippen LogP contribution in [0, 0.1) is 10.1 Å². The van der Waals surface area contributed by atoms with Crippen LogP contribution in [0.2, 0.25) is 0 Å². The lowest BCUT2D eigenvalue weighted by atomic mass is 10.1. The summed E-state index contributed by atoms with van der Waals surface area (Å²) in [6.45, 7) is 0. The van der Waals surface area contributed by atoms with Crippen molar-refractivity contribution in [3.63, 3.8) is 0 Å². The first-order valence-electron chi connectivity index (χ1n) is 6.91. The van der Waals surface area contributed by atoms with E-state index in [1.165, 1.54) is 17.7 Å². The number of fused-ring (bicyclic) bond motifs is 1. The third-order valence-electron chi connectivity index (χ3n) is 3.53. The Kier molecular flexibility index (Phi) is 3.74. The van der Waals surface area contributed by atoms with E-state index in [4.69, 9.17) is 4.74 Å². The van der Waals surface area contributed by atoms with Gasteiger partial charge in [-0.2, -0.15) is 0 Å². The van der Waals surface area contributed by atoms with Gasteiger partial charge in [0.05, 0.1) is 23.1 Å². The number of benzene rings is 2. The van der Waals surface area contributed by atoms with Gasteiger partial charge in [-0.25, -0.2) is 4.98 Å². The molecule has 0 aliphatic heterocycles. The Labute approximate surface area is 126 Å². The van der Waals surface area contributed by atoms with Crippen LogP contribution >= 0.6 is 0 Å². The number of hydrogen-bond donors (Lipinski definition) is 1. The molecule has 0 saturated heterocycles. The summed E-state index contributed by atoms with van der Waals surface area (Å²) in [6.07, 6.45) is 1.58. The van der Waals surface area contributed by atoms with Gasteiger partial charge in [-0.15, -0.1) is 0 Å². The molecule has 0 bridgehead atoms. The molecule has 0 aliphatic rings. The van der Waals surface area contributed by atoms with Crippen LogP contribution in [-0.4, -0.2) is 22.0 Å². The fraction of sp³-hybridized carbons (Fsp3) is 0.188. The molecule has 112 valence electrons. The quantitative estimate of drug-likeness (QED) is 0.579. The van der Waals surface area contributed by atoms with Gasteiger partial charge < -0.3 is 9.72 Å². The van der Waals surface area contributed by atoms with Crippen molar-refractivity contribution in [1.82, 2.24) is 9.97 Å². The molecule has 0 fully saturated rings. The zero-order valence-corrected chi connectivity index (χ0v) is 12.1. The molecule has 0 saturated carbocycles. The second kappa shape index (κ2) is 5.85. The van der Waals surface area contributed by atoms with Crippen molar-refractivity contribution < 1.29 is 9.66 Å². The number of nitrogens with one attached hydrogen (secondary N) is 1. The Hall–Kier alpha value is -2.89. The molecule has 1 aromatic heterocycles. The lowest BCUT2D eigenvalue weighted by molar-refractivity contribution is -0.384. The number of nitrogens with zero attached hydrogens (tertiary/aromatic N) is 2. The van der Waals surface area contributed by atoms with Crippen molar-refractivity contribution in [2.45, 2.75) is 12.8 Å². The van der Waals surface area contributed by atoms with Crippen molar-refractivity contribution in [3.05, 3.63) is 64.0 Å². The predicted octanol–water partition coefficient (Wildman–Crippen LogP) is 3.26. The Balaban J connectivity index is 1.74. The van der Waals surface area contributed by atoms with Crippen LogP contribution in [0.4, 0.5) is 5.69 Å². The standard InChI is InChI=1S/C16H15N3O3/c1-22-13-6-2-11(3-7-13)4-9-16-17-14-8-5-12(19(20)21)10-15(14)18-16/h2-3,5-8,10H,4,9H2,1H3,(H,17,18). The first kappa shape index (κ1) is 14.1. The van der Waals surface area contributed by atoms with Crippen LogP contribution in [0.15, 0.2) is 42.5 Å². The largest absolute Gasteiger partial charge is 0.497 e. The minimum Gasteiger partial charge on any atom is -0.497 e. The molecule has 0 amide bonds. The monoisotopic (exact) mass is 297 g/mol. The minimum absolute atomic E-state index is 0.0675. The Morgan fingerprint density at radius 1 is 1.18 bits per heavy atom. The summed E-state index contributed by atoms with van der Waals surface area (Å²) in [6, 6.07) is 12.5. The molecule has 22 heavy (non-hydrogen) atoms. The molecule has 6 heteroatoms. The number of aryl methyl sites for hydroxylation is 2. The molecule has 3 rings (SSSR count). The van der Waals surface area contributed by atoms with E-state index in [9.17, 15) is 10.1 Å². The topological polar surface area (TPSA) is 81.1 Å².